The maximum Gasteiger partial charge on any atom is 0.214 e. The number of aromatic nitrogens is 1. The van der Waals surface area contributed by atoms with Gasteiger partial charge in [-0.05, 0) is 26.3 Å². The Balaban J connectivity index is 2.93. The van der Waals surface area contributed by atoms with Gasteiger partial charge in [0.15, 0.2) is 0 Å². The molecular formula is C11H16N2OS. The van der Waals surface area contributed by atoms with E-state index in [9.17, 15) is 0 Å². The second kappa shape index (κ2) is 5.07. The van der Waals surface area contributed by atoms with E-state index in [2.05, 4.69) is 11.9 Å². The highest BCUT2D eigenvalue weighted by atomic mass is 32.1. The lowest BCUT2D eigenvalue weighted by Gasteiger charge is -2.12. The van der Waals surface area contributed by atoms with E-state index in [-0.39, 0.29) is 6.10 Å². The van der Waals surface area contributed by atoms with Crippen molar-refractivity contribution in [3.05, 3.63) is 23.4 Å². The molecule has 0 aromatic carbocycles. The van der Waals surface area contributed by atoms with Crippen LogP contribution in [0.2, 0.25) is 0 Å². The number of thiocarbonyl (C=S) groups is 1. The molecule has 0 aliphatic heterocycles. The lowest BCUT2D eigenvalue weighted by Crippen LogP contribution is -2.14. The number of hydrogen-bond donors (Lipinski definition) is 1. The van der Waals surface area contributed by atoms with Crippen molar-refractivity contribution < 1.29 is 4.74 Å². The minimum absolute atomic E-state index is 0.151. The summed E-state index contributed by atoms with van der Waals surface area (Å²) in [6.45, 7) is 5.96. The molecule has 1 aromatic rings. The summed E-state index contributed by atoms with van der Waals surface area (Å²) in [5, 5.41) is 0. The van der Waals surface area contributed by atoms with E-state index in [1.54, 1.807) is 6.07 Å². The Morgan fingerprint density at radius 2 is 2.27 bits per heavy atom. The molecule has 1 atom stereocenters. The normalized spacial score (nSPS) is 12.2. The van der Waals surface area contributed by atoms with Gasteiger partial charge in [0.1, 0.15) is 4.99 Å². The van der Waals surface area contributed by atoms with Gasteiger partial charge in [-0.25, -0.2) is 4.98 Å². The molecule has 0 radical (unpaired) electrons. The average Bonchev–Trinajstić information content (AvgIpc) is 2.16. The molecule has 0 saturated heterocycles. The van der Waals surface area contributed by atoms with Crippen LogP contribution < -0.4 is 10.5 Å². The maximum atomic E-state index is 5.61. The van der Waals surface area contributed by atoms with Crippen LogP contribution in [-0.4, -0.2) is 16.1 Å². The van der Waals surface area contributed by atoms with Crippen LogP contribution in [0.25, 0.3) is 0 Å². The predicted octanol–water partition coefficient (Wildman–Crippen LogP) is 2.20. The first-order valence-corrected chi connectivity index (χ1v) is 5.39. The van der Waals surface area contributed by atoms with Gasteiger partial charge in [0.05, 0.1) is 6.10 Å². The van der Waals surface area contributed by atoms with Crippen molar-refractivity contribution in [2.45, 2.75) is 33.3 Å². The third-order valence-corrected chi connectivity index (χ3v) is 2.35. The molecule has 0 spiro atoms. The fraction of sp³-hybridized carbons (Fsp3) is 0.455. The largest absolute Gasteiger partial charge is 0.475 e. The summed E-state index contributed by atoms with van der Waals surface area (Å²) in [5.74, 6) is 0.590. The molecule has 0 amide bonds. The number of nitrogens with two attached hydrogens (primary N) is 1. The molecule has 2 N–H and O–H groups in total. The first-order valence-electron chi connectivity index (χ1n) is 4.98. The molecule has 0 fully saturated rings. The smallest absolute Gasteiger partial charge is 0.214 e. The van der Waals surface area contributed by atoms with E-state index in [1.807, 2.05) is 19.9 Å². The lowest BCUT2D eigenvalue weighted by molar-refractivity contribution is 0.208. The number of ether oxygens (including phenoxy) is 1. The van der Waals surface area contributed by atoms with Crippen molar-refractivity contribution in [2.75, 3.05) is 0 Å². The summed E-state index contributed by atoms with van der Waals surface area (Å²) in [5.41, 5.74) is 7.22. The average molecular weight is 224 g/mol. The summed E-state index contributed by atoms with van der Waals surface area (Å²) < 4.78 is 5.61. The Morgan fingerprint density at radius 3 is 2.80 bits per heavy atom. The molecule has 4 heteroatoms. The molecular weight excluding hydrogens is 208 g/mol. The van der Waals surface area contributed by atoms with Gasteiger partial charge in [-0.2, -0.15) is 0 Å². The van der Waals surface area contributed by atoms with Crippen molar-refractivity contribution in [3.63, 3.8) is 0 Å². The highest BCUT2D eigenvalue weighted by Gasteiger charge is 2.06. The first kappa shape index (κ1) is 11.9. The quantitative estimate of drug-likeness (QED) is 0.796. The van der Waals surface area contributed by atoms with E-state index in [4.69, 9.17) is 22.7 Å². The Kier molecular flexibility index (Phi) is 4.03. The highest BCUT2D eigenvalue weighted by Crippen LogP contribution is 2.14. The van der Waals surface area contributed by atoms with Crippen molar-refractivity contribution in [3.8, 4) is 5.88 Å². The third-order valence-electron chi connectivity index (χ3n) is 2.11. The molecule has 3 nitrogen and oxygen atoms in total. The first-order chi connectivity index (χ1) is 7.02. The monoisotopic (exact) mass is 224 g/mol. The Labute approximate surface area is 95.7 Å². The van der Waals surface area contributed by atoms with Crippen LogP contribution >= 0.6 is 12.2 Å². The SMILES string of the molecule is CCC(C)Oc1cc(C(N)=S)cc(C)n1. The van der Waals surface area contributed by atoms with Crippen LogP contribution in [-0.2, 0) is 0 Å². The van der Waals surface area contributed by atoms with Gasteiger partial charge in [0.25, 0.3) is 0 Å². The molecule has 82 valence electrons. The summed E-state index contributed by atoms with van der Waals surface area (Å²) >= 11 is 4.92. The minimum Gasteiger partial charge on any atom is -0.475 e. The van der Waals surface area contributed by atoms with Crippen LogP contribution in [0.15, 0.2) is 12.1 Å². The number of rotatable bonds is 4. The van der Waals surface area contributed by atoms with Gasteiger partial charge in [0, 0.05) is 17.3 Å². The van der Waals surface area contributed by atoms with Crippen molar-refractivity contribution in [1.82, 2.24) is 4.98 Å². The fourth-order valence-electron chi connectivity index (χ4n) is 1.13. The molecule has 0 saturated carbocycles. The van der Waals surface area contributed by atoms with Gasteiger partial charge < -0.3 is 10.5 Å². The molecule has 1 rings (SSSR count). The lowest BCUT2D eigenvalue weighted by atomic mass is 10.2. The van der Waals surface area contributed by atoms with Crippen molar-refractivity contribution >= 4 is 17.2 Å². The van der Waals surface area contributed by atoms with Crippen LogP contribution in [0.5, 0.6) is 5.88 Å². The summed E-state index contributed by atoms with van der Waals surface area (Å²) in [6, 6.07) is 3.63. The summed E-state index contributed by atoms with van der Waals surface area (Å²) in [7, 11) is 0. The zero-order valence-electron chi connectivity index (χ0n) is 9.28. The summed E-state index contributed by atoms with van der Waals surface area (Å²) in [4.78, 5) is 4.64. The maximum absolute atomic E-state index is 5.61. The van der Waals surface area contributed by atoms with Crippen LogP contribution in [0, 0.1) is 6.92 Å². The molecule has 1 heterocycles. The second-order valence-electron chi connectivity index (χ2n) is 3.54. The Hall–Kier alpha value is -1.16. The van der Waals surface area contributed by atoms with E-state index < -0.39 is 0 Å². The number of nitrogens with zero attached hydrogens (tertiary/aromatic N) is 1. The van der Waals surface area contributed by atoms with E-state index in [0.717, 1.165) is 17.7 Å². The topological polar surface area (TPSA) is 48.1 Å². The Morgan fingerprint density at radius 1 is 1.60 bits per heavy atom. The summed E-state index contributed by atoms with van der Waals surface area (Å²) in [6.07, 6.45) is 1.09. The zero-order valence-corrected chi connectivity index (χ0v) is 10.1. The molecule has 0 aliphatic carbocycles. The van der Waals surface area contributed by atoms with Gasteiger partial charge >= 0.3 is 0 Å². The van der Waals surface area contributed by atoms with Gasteiger partial charge in [-0.1, -0.05) is 19.1 Å². The van der Waals surface area contributed by atoms with Gasteiger partial charge in [-0.3, -0.25) is 0 Å². The molecule has 15 heavy (non-hydrogen) atoms. The van der Waals surface area contributed by atoms with Crippen molar-refractivity contribution in [2.24, 2.45) is 5.73 Å². The fourth-order valence-corrected chi connectivity index (χ4v) is 1.25. The number of aryl methyl sites for hydroxylation is 1. The van der Waals surface area contributed by atoms with Crippen LogP contribution in [0.4, 0.5) is 0 Å². The molecule has 1 unspecified atom stereocenters. The minimum atomic E-state index is 0.151. The van der Waals surface area contributed by atoms with E-state index in [0.29, 0.717) is 10.9 Å². The molecule has 0 aliphatic rings. The zero-order chi connectivity index (χ0) is 11.4. The molecule has 0 bridgehead atoms. The van der Waals surface area contributed by atoms with Gasteiger partial charge in [-0.15, -0.1) is 0 Å². The van der Waals surface area contributed by atoms with Crippen molar-refractivity contribution in [1.29, 1.82) is 0 Å². The third kappa shape index (κ3) is 3.47. The van der Waals surface area contributed by atoms with Crippen LogP contribution in [0.1, 0.15) is 31.5 Å². The Bertz CT molecular complexity index is 366. The molecule has 1 aromatic heterocycles. The van der Waals surface area contributed by atoms with E-state index in [1.165, 1.54) is 0 Å². The number of pyridine rings is 1. The number of hydrogen-bond acceptors (Lipinski definition) is 3. The standard InChI is InChI=1S/C11H16N2OS/c1-4-8(3)14-10-6-9(11(12)15)5-7(2)13-10/h5-6,8H,4H2,1-3H3,(H2,12,15). The second-order valence-corrected chi connectivity index (χ2v) is 3.98. The highest BCUT2D eigenvalue weighted by molar-refractivity contribution is 7.80. The van der Waals surface area contributed by atoms with Gasteiger partial charge in [0.2, 0.25) is 5.88 Å². The van der Waals surface area contributed by atoms with Crippen LogP contribution in [0.3, 0.4) is 0 Å². The predicted molar refractivity (Wildman–Crippen MR) is 65.2 cm³/mol. The van der Waals surface area contributed by atoms with E-state index >= 15 is 0 Å².